The third-order valence-corrected chi connectivity index (χ3v) is 2.62. The molecular formula is C10H18N2O. The van der Waals surface area contributed by atoms with E-state index in [1.54, 1.807) is 0 Å². The lowest BCUT2D eigenvalue weighted by atomic mass is 9.80. The normalized spacial score (nSPS) is 27.6. The van der Waals surface area contributed by atoms with Crippen LogP contribution in [0.25, 0.3) is 0 Å². The molecule has 1 unspecified atom stereocenters. The third-order valence-electron chi connectivity index (χ3n) is 2.62. The Hall–Kier alpha value is -0.860. The van der Waals surface area contributed by atoms with E-state index < -0.39 is 0 Å². The fourth-order valence-electron chi connectivity index (χ4n) is 1.07. The van der Waals surface area contributed by atoms with Gasteiger partial charge in [-0.25, -0.2) is 9.98 Å². The molecule has 0 radical (unpaired) electrons. The van der Waals surface area contributed by atoms with Crippen molar-refractivity contribution in [2.45, 2.75) is 27.7 Å². The van der Waals surface area contributed by atoms with Gasteiger partial charge in [-0.15, -0.1) is 0 Å². The maximum Gasteiger partial charge on any atom is 0.311 e. The molecule has 0 saturated heterocycles. The van der Waals surface area contributed by atoms with Crippen molar-refractivity contribution < 1.29 is 4.74 Å². The van der Waals surface area contributed by atoms with Crippen LogP contribution in [0.2, 0.25) is 0 Å². The Morgan fingerprint density at radius 2 is 2.31 bits per heavy atom. The number of rotatable bonds is 2. The maximum absolute atomic E-state index is 5.21. The van der Waals surface area contributed by atoms with Crippen molar-refractivity contribution in [3.8, 4) is 0 Å². The number of amidine groups is 1. The Labute approximate surface area is 79.9 Å². The van der Waals surface area contributed by atoms with Crippen molar-refractivity contribution in [2.75, 3.05) is 13.2 Å². The van der Waals surface area contributed by atoms with E-state index >= 15 is 0 Å². The minimum absolute atomic E-state index is 0.0978. The first-order valence-corrected chi connectivity index (χ1v) is 4.81. The van der Waals surface area contributed by atoms with Gasteiger partial charge < -0.3 is 4.74 Å². The lowest BCUT2D eigenvalue weighted by molar-refractivity contribution is 0.300. The van der Waals surface area contributed by atoms with Gasteiger partial charge in [-0.1, -0.05) is 20.8 Å². The van der Waals surface area contributed by atoms with Gasteiger partial charge >= 0.3 is 6.02 Å². The molecule has 1 heterocycles. The lowest BCUT2D eigenvalue weighted by Crippen LogP contribution is -2.32. The highest BCUT2D eigenvalue weighted by Gasteiger charge is 2.28. The quantitative estimate of drug-likeness (QED) is 0.644. The van der Waals surface area contributed by atoms with Crippen LogP contribution in [0.3, 0.4) is 0 Å². The van der Waals surface area contributed by atoms with E-state index in [4.69, 9.17) is 4.74 Å². The highest BCUT2D eigenvalue weighted by molar-refractivity contribution is 5.87. The van der Waals surface area contributed by atoms with Gasteiger partial charge in [-0.2, -0.15) is 0 Å². The molecule has 1 aliphatic heterocycles. The van der Waals surface area contributed by atoms with E-state index in [1.807, 2.05) is 13.1 Å². The minimum Gasteiger partial charge on any atom is -0.464 e. The largest absolute Gasteiger partial charge is 0.464 e. The average Bonchev–Trinajstić information content (AvgIpc) is 2.09. The zero-order valence-corrected chi connectivity index (χ0v) is 8.87. The molecule has 1 rings (SSSR count). The van der Waals surface area contributed by atoms with Gasteiger partial charge in [0.15, 0.2) is 0 Å². The Balaban J connectivity index is 2.62. The standard InChI is InChI=1S/C10H18N2O/c1-5-13-9-11-6-10(4,7-12-9)8(2)3/h6,8H,5,7H2,1-4H3. The predicted molar refractivity (Wildman–Crippen MR) is 55.4 cm³/mol. The predicted octanol–water partition coefficient (Wildman–Crippen LogP) is 2.13. The summed E-state index contributed by atoms with van der Waals surface area (Å²) in [7, 11) is 0. The second-order valence-electron chi connectivity index (χ2n) is 3.95. The van der Waals surface area contributed by atoms with Crippen molar-refractivity contribution in [1.82, 2.24) is 0 Å². The molecule has 0 aromatic carbocycles. The molecule has 1 aliphatic rings. The van der Waals surface area contributed by atoms with Crippen LogP contribution in [-0.2, 0) is 4.74 Å². The molecule has 1 atom stereocenters. The van der Waals surface area contributed by atoms with Crippen LogP contribution in [0, 0.1) is 11.3 Å². The van der Waals surface area contributed by atoms with Crippen LogP contribution in [0.4, 0.5) is 0 Å². The van der Waals surface area contributed by atoms with Crippen LogP contribution in [0.15, 0.2) is 9.98 Å². The zero-order valence-electron chi connectivity index (χ0n) is 8.87. The molecule has 0 N–H and O–H groups in total. The maximum atomic E-state index is 5.21. The number of hydrogen-bond acceptors (Lipinski definition) is 3. The van der Waals surface area contributed by atoms with Crippen molar-refractivity contribution in [3.63, 3.8) is 0 Å². The summed E-state index contributed by atoms with van der Waals surface area (Å²) in [5.41, 5.74) is 0.0978. The molecule has 0 aromatic rings. The SMILES string of the molecule is CCOC1=NCC(C)(C(C)C)C=N1. The monoisotopic (exact) mass is 182 g/mol. The second kappa shape index (κ2) is 3.90. The highest BCUT2D eigenvalue weighted by Crippen LogP contribution is 2.27. The van der Waals surface area contributed by atoms with Crippen LogP contribution >= 0.6 is 0 Å². The van der Waals surface area contributed by atoms with Crippen molar-refractivity contribution >= 4 is 12.2 Å². The van der Waals surface area contributed by atoms with Crippen molar-refractivity contribution in [3.05, 3.63) is 0 Å². The summed E-state index contributed by atoms with van der Waals surface area (Å²) in [5.74, 6) is 0.558. The topological polar surface area (TPSA) is 34.0 Å². The molecule has 0 amide bonds. The van der Waals surface area contributed by atoms with Crippen molar-refractivity contribution in [2.24, 2.45) is 21.3 Å². The molecule has 3 nitrogen and oxygen atoms in total. The van der Waals surface area contributed by atoms with Gasteiger partial charge in [0.2, 0.25) is 0 Å². The van der Waals surface area contributed by atoms with E-state index in [0.717, 1.165) is 6.54 Å². The average molecular weight is 182 g/mol. The summed E-state index contributed by atoms with van der Waals surface area (Å²) in [6.07, 6.45) is 1.97. The summed E-state index contributed by atoms with van der Waals surface area (Å²) in [5, 5.41) is 0. The minimum atomic E-state index is 0.0978. The summed E-state index contributed by atoms with van der Waals surface area (Å²) >= 11 is 0. The first-order valence-electron chi connectivity index (χ1n) is 4.81. The van der Waals surface area contributed by atoms with Gasteiger partial charge in [-0.3, -0.25) is 0 Å². The second-order valence-corrected chi connectivity index (χ2v) is 3.95. The Morgan fingerprint density at radius 3 is 2.69 bits per heavy atom. The van der Waals surface area contributed by atoms with Crippen LogP contribution in [0.1, 0.15) is 27.7 Å². The number of hydrogen-bond donors (Lipinski definition) is 0. The van der Waals surface area contributed by atoms with Gasteiger partial charge in [0, 0.05) is 11.6 Å². The molecular weight excluding hydrogens is 164 g/mol. The number of nitrogens with zero attached hydrogens (tertiary/aromatic N) is 2. The smallest absolute Gasteiger partial charge is 0.311 e. The fraction of sp³-hybridized carbons (Fsp3) is 0.800. The summed E-state index contributed by atoms with van der Waals surface area (Å²) in [4.78, 5) is 8.49. The molecule has 0 fully saturated rings. The molecule has 3 heteroatoms. The number of ether oxygens (including phenoxy) is 1. The van der Waals surface area contributed by atoms with E-state index in [-0.39, 0.29) is 5.41 Å². The Kier molecular flexibility index (Phi) is 3.07. The molecule has 0 spiro atoms. The first-order chi connectivity index (χ1) is 6.08. The first kappa shape index (κ1) is 10.2. The van der Waals surface area contributed by atoms with Gasteiger partial charge in [0.05, 0.1) is 13.2 Å². The summed E-state index contributed by atoms with van der Waals surface area (Å²) < 4.78 is 5.21. The summed E-state index contributed by atoms with van der Waals surface area (Å²) in [6, 6.07) is 0.528. The molecule has 0 saturated carbocycles. The van der Waals surface area contributed by atoms with E-state index in [0.29, 0.717) is 18.5 Å². The van der Waals surface area contributed by atoms with Crippen molar-refractivity contribution in [1.29, 1.82) is 0 Å². The highest BCUT2D eigenvalue weighted by atomic mass is 16.5. The van der Waals surface area contributed by atoms with Crippen LogP contribution in [0.5, 0.6) is 0 Å². The summed E-state index contributed by atoms with van der Waals surface area (Å²) in [6.45, 7) is 9.90. The van der Waals surface area contributed by atoms with Crippen LogP contribution < -0.4 is 0 Å². The third kappa shape index (κ3) is 2.29. The molecule has 0 aliphatic carbocycles. The molecule has 74 valence electrons. The Morgan fingerprint density at radius 1 is 1.62 bits per heavy atom. The Bertz CT molecular complexity index is 233. The van der Waals surface area contributed by atoms with Crippen LogP contribution in [-0.4, -0.2) is 25.4 Å². The van der Waals surface area contributed by atoms with Gasteiger partial charge in [0.1, 0.15) is 0 Å². The van der Waals surface area contributed by atoms with E-state index in [1.165, 1.54) is 0 Å². The van der Waals surface area contributed by atoms with E-state index in [2.05, 4.69) is 30.8 Å². The fourth-order valence-corrected chi connectivity index (χ4v) is 1.07. The van der Waals surface area contributed by atoms with E-state index in [9.17, 15) is 0 Å². The molecule has 0 bridgehead atoms. The zero-order chi connectivity index (χ0) is 9.90. The number of aliphatic imine (C=N–C) groups is 2. The van der Waals surface area contributed by atoms with Gasteiger partial charge in [-0.05, 0) is 12.8 Å². The van der Waals surface area contributed by atoms with Gasteiger partial charge in [0.25, 0.3) is 0 Å². The molecule has 0 aromatic heterocycles. The molecule has 13 heavy (non-hydrogen) atoms. The lowest BCUT2D eigenvalue weighted by Gasteiger charge is -2.29.